The molecule has 2 rings (SSSR count). The van der Waals surface area contributed by atoms with Crippen LogP contribution in [0.1, 0.15) is 24.5 Å². The van der Waals surface area contributed by atoms with Crippen molar-refractivity contribution in [3.63, 3.8) is 0 Å². The van der Waals surface area contributed by atoms with Crippen LogP contribution in [0.2, 0.25) is 5.02 Å². The van der Waals surface area contributed by atoms with E-state index >= 15 is 0 Å². The van der Waals surface area contributed by atoms with E-state index in [1.807, 2.05) is 19.1 Å². The first kappa shape index (κ1) is 21.7. The Balaban J connectivity index is 2.33. The fourth-order valence-electron chi connectivity index (χ4n) is 2.97. The summed E-state index contributed by atoms with van der Waals surface area (Å²) in [5, 5.41) is 2.77. The number of rotatable bonds is 8. The minimum absolute atomic E-state index is 0.126. The molecule has 2 aromatic carbocycles. The van der Waals surface area contributed by atoms with Crippen LogP contribution in [0.15, 0.2) is 42.5 Å². The van der Waals surface area contributed by atoms with Crippen molar-refractivity contribution in [2.45, 2.75) is 32.4 Å². The van der Waals surface area contributed by atoms with Gasteiger partial charge >= 0.3 is 0 Å². The fourth-order valence-corrected chi connectivity index (χ4v) is 3.20. The number of likely N-dealkylation sites (N-methyl/N-ethyl adjacent to an activating group) is 1. The summed E-state index contributed by atoms with van der Waals surface area (Å²) >= 11 is 6.07. The molecule has 1 atom stereocenters. The highest BCUT2D eigenvalue weighted by molar-refractivity contribution is 6.31. The van der Waals surface area contributed by atoms with Crippen LogP contribution in [0.25, 0.3) is 0 Å². The van der Waals surface area contributed by atoms with Crippen LogP contribution < -0.4 is 10.1 Å². The summed E-state index contributed by atoms with van der Waals surface area (Å²) in [5.74, 6) is -0.501. The number of hydrogen-bond acceptors (Lipinski definition) is 3. The van der Waals surface area contributed by atoms with Crippen molar-refractivity contribution >= 4 is 23.4 Å². The Kier molecular flexibility index (Phi) is 7.81. The van der Waals surface area contributed by atoms with E-state index in [-0.39, 0.29) is 35.4 Å². The van der Waals surface area contributed by atoms with Crippen molar-refractivity contribution in [2.75, 3.05) is 14.2 Å². The van der Waals surface area contributed by atoms with Crippen LogP contribution >= 0.6 is 11.6 Å². The number of amides is 2. The Hall–Kier alpha value is -2.60. The molecule has 7 heteroatoms. The van der Waals surface area contributed by atoms with E-state index in [1.165, 1.54) is 30.1 Å². The molecule has 0 bridgehead atoms. The Morgan fingerprint density at radius 1 is 1.21 bits per heavy atom. The first-order chi connectivity index (χ1) is 13.4. The molecule has 150 valence electrons. The van der Waals surface area contributed by atoms with E-state index in [1.54, 1.807) is 19.2 Å². The van der Waals surface area contributed by atoms with Crippen molar-refractivity contribution in [2.24, 2.45) is 0 Å². The third-order valence-electron chi connectivity index (χ3n) is 4.53. The van der Waals surface area contributed by atoms with Gasteiger partial charge in [-0.15, -0.1) is 0 Å². The zero-order chi connectivity index (χ0) is 20.7. The van der Waals surface area contributed by atoms with E-state index in [2.05, 4.69) is 5.32 Å². The number of methoxy groups -OCH3 is 1. The lowest BCUT2D eigenvalue weighted by Crippen LogP contribution is -2.48. The number of carbonyl (C=O) groups is 2. The largest absolute Gasteiger partial charge is 0.497 e. The molecule has 2 aromatic rings. The van der Waals surface area contributed by atoms with Crippen molar-refractivity contribution in [1.29, 1.82) is 0 Å². The third-order valence-corrected chi connectivity index (χ3v) is 4.89. The Morgan fingerprint density at radius 3 is 2.43 bits per heavy atom. The zero-order valence-corrected chi connectivity index (χ0v) is 16.9. The maximum atomic E-state index is 14.1. The molecule has 0 aliphatic heterocycles. The standard InChI is InChI=1S/C21H24ClFN2O3/c1-4-19(21(27)24-2)25(13-14-8-10-15(28-3)11-9-14)20(26)12-16-17(22)6-5-7-18(16)23/h5-11,19H,4,12-13H2,1-3H3,(H,24,27)/t19-/m0/s1. The molecule has 0 aromatic heterocycles. The number of ether oxygens (including phenoxy) is 1. The maximum absolute atomic E-state index is 14.1. The molecule has 0 spiro atoms. The molecule has 0 saturated heterocycles. The predicted octanol–water partition coefficient (Wildman–Crippen LogP) is 3.58. The minimum Gasteiger partial charge on any atom is -0.497 e. The summed E-state index contributed by atoms with van der Waals surface area (Å²) in [5.41, 5.74) is 0.955. The van der Waals surface area contributed by atoms with Gasteiger partial charge in [0.15, 0.2) is 0 Å². The second kappa shape index (κ2) is 10.1. The molecule has 0 radical (unpaired) electrons. The molecule has 28 heavy (non-hydrogen) atoms. The average Bonchev–Trinajstić information content (AvgIpc) is 2.70. The van der Waals surface area contributed by atoms with E-state index in [9.17, 15) is 14.0 Å². The number of nitrogens with one attached hydrogen (secondary N) is 1. The van der Waals surface area contributed by atoms with Crippen molar-refractivity contribution in [1.82, 2.24) is 10.2 Å². The lowest BCUT2D eigenvalue weighted by atomic mass is 10.1. The van der Waals surface area contributed by atoms with E-state index in [0.29, 0.717) is 12.2 Å². The second-order valence-electron chi connectivity index (χ2n) is 6.29. The Bertz CT molecular complexity index is 807. The van der Waals surface area contributed by atoms with E-state index < -0.39 is 11.9 Å². The molecule has 2 amide bonds. The number of halogens is 2. The lowest BCUT2D eigenvalue weighted by Gasteiger charge is -2.30. The predicted molar refractivity (Wildman–Crippen MR) is 107 cm³/mol. The van der Waals surface area contributed by atoms with Gasteiger partial charge in [-0.05, 0) is 36.2 Å². The van der Waals surface area contributed by atoms with Gasteiger partial charge in [-0.2, -0.15) is 0 Å². The van der Waals surface area contributed by atoms with E-state index in [4.69, 9.17) is 16.3 Å². The Morgan fingerprint density at radius 2 is 1.89 bits per heavy atom. The maximum Gasteiger partial charge on any atom is 0.242 e. The number of benzene rings is 2. The Labute approximate surface area is 169 Å². The molecule has 0 aliphatic carbocycles. The fraction of sp³-hybridized carbons (Fsp3) is 0.333. The number of carbonyl (C=O) groups excluding carboxylic acids is 2. The first-order valence-electron chi connectivity index (χ1n) is 8.98. The average molecular weight is 407 g/mol. The van der Waals surface area contributed by atoms with Gasteiger partial charge in [-0.1, -0.05) is 36.7 Å². The van der Waals surface area contributed by atoms with Crippen LogP contribution in [0.4, 0.5) is 4.39 Å². The van der Waals surface area contributed by atoms with Crippen molar-refractivity contribution in [3.05, 3.63) is 64.4 Å². The van der Waals surface area contributed by atoms with Crippen LogP contribution in [-0.2, 0) is 22.6 Å². The zero-order valence-electron chi connectivity index (χ0n) is 16.2. The molecule has 0 saturated carbocycles. The van der Waals surface area contributed by atoms with Gasteiger partial charge in [-0.3, -0.25) is 9.59 Å². The molecule has 0 heterocycles. The molecular weight excluding hydrogens is 383 g/mol. The molecule has 5 nitrogen and oxygen atoms in total. The highest BCUT2D eigenvalue weighted by atomic mass is 35.5. The molecule has 0 unspecified atom stereocenters. The van der Waals surface area contributed by atoms with Crippen molar-refractivity contribution in [3.8, 4) is 5.75 Å². The highest BCUT2D eigenvalue weighted by Gasteiger charge is 2.29. The summed E-state index contributed by atoms with van der Waals surface area (Å²) in [7, 11) is 3.09. The minimum atomic E-state index is -0.676. The molecule has 0 aliphatic rings. The topological polar surface area (TPSA) is 58.6 Å². The van der Waals surface area contributed by atoms with Gasteiger partial charge in [0.1, 0.15) is 17.6 Å². The smallest absolute Gasteiger partial charge is 0.242 e. The monoisotopic (exact) mass is 406 g/mol. The van der Waals surface area contributed by atoms with Gasteiger partial charge in [0.2, 0.25) is 11.8 Å². The third kappa shape index (κ3) is 5.23. The van der Waals surface area contributed by atoms with Gasteiger partial charge < -0.3 is 15.0 Å². The second-order valence-corrected chi connectivity index (χ2v) is 6.69. The quantitative estimate of drug-likeness (QED) is 0.728. The van der Waals surface area contributed by atoms with Crippen molar-refractivity contribution < 1.29 is 18.7 Å². The first-order valence-corrected chi connectivity index (χ1v) is 9.35. The summed E-state index contributed by atoms with van der Waals surface area (Å²) in [6.45, 7) is 2.03. The number of hydrogen-bond donors (Lipinski definition) is 1. The summed E-state index contributed by atoms with van der Waals surface area (Å²) < 4.78 is 19.3. The van der Waals surface area contributed by atoms with Gasteiger partial charge in [0.25, 0.3) is 0 Å². The van der Waals surface area contributed by atoms with Gasteiger partial charge in [0, 0.05) is 24.2 Å². The SMILES string of the molecule is CC[C@@H](C(=O)NC)N(Cc1ccc(OC)cc1)C(=O)Cc1c(F)cccc1Cl. The summed E-state index contributed by atoms with van der Waals surface area (Å²) in [4.78, 5) is 26.9. The number of nitrogens with zero attached hydrogens (tertiary/aromatic N) is 1. The van der Waals surface area contributed by atoms with Crippen LogP contribution in [0.3, 0.4) is 0 Å². The normalized spacial score (nSPS) is 11.6. The summed E-state index contributed by atoms with van der Waals surface area (Å²) in [6, 6.07) is 10.8. The van der Waals surface area contributed by atoms with Gasteiger partial charge in [-0.25, -0.2) is 4.39 Å². The van der Waals surface area contributed by atoms with Crippen LogP contribution in [0.5, 0.6) is 5.75 Å². The summed E-state index contributed by atoms with van der Waals surface area (Å²) in [6.07, 6.45) is 0.196. The molecular formula is C21H24ClFN2O3. The van der Waals surface area contributed by atoms with E-state index in [0.717, 1.165) is 5.56 Å². The highest BCUT2D eigenvalue weighted by Crippen LogP contribution is 2.22. The van der Waals surface area contributed by atoms with Gasteiger partial charge in [0.05, 0.1) is 13.5 Å². The molecule has 0 fully saturated rings. The van der Waals surface area contributed by atoms with Crippen LogP contribution in [0, 0.1) is 5.82 Å². The van der Waals surface area contributed by atoms with Crippen LogP contribution in [-0.4, -0.2) is 36.9 Å². The lowest BCUT2D eigenvalue weighted by molar-refractivity contribution is -0.140. The molecule has 1 N–H and O–H groups in total.